The molecule has 0 spiro atoms. The molecule has 4 N–H and O–H groups in total. The van der Waals surface area contributed by atoms with Gasteiger partial charge in [0.25, 0.3) is 0 Å². The molecule has 0 radical (unpaired) electrons. The molecule has 6 nitrogen and oxygen atoms in total. The molecular weight excluding hydrogens is 198 g/mol. The molecule has 0 aromatic carbocycles. The first-order valence-corrected chi connectivity index (χ1v) is 5.40. The highest BCUT2D eigenvalue weighted by atomic mass is 32.2. The summed E-state index contributed by atoms with van der Waals surface area (Å²) in [6.07, 6.45) is -0.701. The molecule has 1 rings (SSSR count). The highest BCUT2D eigenvalue weighted by Gasteiger charge is 2.34. The molecule has 1 fully saturated rings. The van der Waals surface area contributed by atoms with E-state index in [1.807, 2.05) is 0 Å². The number of hydrogen-bond donors (Lipinski definition) is 3. The summed E-state index contributed by atoms with van der Waals surface area (Å²) in [5, 5.41) is 23.0. The van der Waals surface area contributed by atoms with E-state index in [1.165, 1.54) is 0 Å². The van der Waals surface area contributed by atoms with E-state index < -0.39 is 22.5 Å². The minimum atomic E-state index is -3.95. The lowest BCUT2D eigenvalue weighted by Gasteiger charge is -2.14. The molecule has 0 heterocycles. The Morgan fingerprint density at radius 2 is 2.00 bits per heavy atom. The second kappa shape index (κ2) is 3.89. The quantitative estimate of drug-likeness (QED) is 0.517. The Labute approximate surface area is 76.6 Å². The molecule has 0 bridgehead atoms. The summed E-state index contributed by atoms with van der Waals surface area (Å²) in [5.41, 5.74) is 0. The van der Waals surface area contributed by atoms with Crippen molar-refractivity contribution in [2.45, 2.75) is 25.0 Å². The molecule has 13 heavy (non-hydrogen) atoms. The van der Waals surface area contributed by atoms with E-state index in [4.69, 9.17) is 5.11 Å². The molecule has 3 unspecified atom stereocenters. The van der Waals surface area contributed by atoms with E-state index in [2.05, 4.69) is 9.32 Å². The van der Waals surface area contributed by atoms with Gasteiger partial charge in [-0.25, -0.2) is 5.14 Å². The molecule has 0 aromatic heterocycles. The van der Waals surface area contributed by atoms with Crippen molar-refractivity contribution in [3.8, 4) is 0 Å². The monoisotopic (exact) mass is 211 g/mol. The summed E-state index contributed by atoms with van der Waals surface area (Å²) in [4.78, 5) is 0. The predicted molar refractivity (Wildman–Crippen MR) is 43.8 cm³/mol. The van der Waals surface area contributed by atoms with Crippen molar-refractivity contribution in [2.75, 3.05) is 6.61 Å². The molecule has 1 aliphatic rings. The molecule has 3 atom stereocenters. The van der Waals surface area contributed by atoms with Gasteiger partial charge in [0.2, 0.25) is 0 Å². The van der Waals surface area contributed by atoms with Crippen LogP contribution in [0, 0.1) is 5.92 Å². The second-order valence-corrected chi connectivity index (χ2v) is 4.39. The first-order valence-electron chi connectivity index (χ1n) is 3.93. The van der Waals surface area contributed by atoms with Crippen molar-refractivity contribution in [2.24, 2.45) is 11.1 Å². The largest absolute Gasteiger partial charge is 0.390 e. The first kappa shape index (κ1) is 10.9. The molecule has 7 heteroatoms. The van der Waals surface area contributed by atoms with Crippen molar-refractivity contribution in [1.82, 2.24) is 0 Å². The zero-order valence-electron chi connectivity index (χ0n) is 6.96. The highest BCUT2D eigenvalue weighted by molar-refractivity contribution is 7.84. The number of hydrogen-bond acceptors (Lipinski definition) is 5. The van der Waals surface area contributed by atoms with Gasteiger partial charge in [0.05, 0.1) is 18.8 Å². The van der Waals surface area contributed by atoms with Crippen LogP contribution in [0.25, 0.3) is 0 Å². The maximum Gasteiger partial charge on any atom is 0.333 e. The summed E-state index contributed by atoms with van der Waals surface area (Å²) in [6.45, 7) is -0.170. The fourth-order valence-corrected chi connectivity index (χ4v) is 1.77. The van der Waals surface area contributed by atoms with Crippen molar-refractivity contribution in [1.29, 1.82) is 0 Å². The van der Waals surface area contributed by atoms with E-state index in [-0.39, 0.29) is 12.5 Å². The molecule has 0 aliphatic heterocycles. The second-order valence-electron chi connectivity index (χ2n) is 3.17. The van der Waals surface area contributed by atoms with Crippen molar-refractivity contribution >= 4 is 10.3 Å². The van der Waals surface area contributed by atoms with E-state index >= 15 is 0 Å². The Bertz CT molecular complexity index is 264. The predicted octanol–water partition coefficient (Wildman–Crippen LogP) is -1.66. The van der Waals surface area contributed by atoms with Gasteiger partial charge < -0.3 is 10.2 Å². The van der Waals surface area contributed by atoms with E-state index in [1.54, 1.807) is 0 Å². The lowest BCUT2D eigenvalue weighted by molar-refractivity contribution is 0.0103. The fourth-order valence-electron chi connectivity index (χ4n) is 1.40. The van der Waals surface area contributed by atoms with Gasteiger partial charge in [-0.1, -0.05) is 0 Å². The number of rotatable bonds is 3. The first-order chi connectivity index (χ1) is 5.90. The lowest BCUT2D eigenvalue weighted by atomic mass is 10.1. The van der Waals surface area contributed by atoms with E-state index in [0.29, 0.717) is 12.8 Å². The molecule has 0 saturated heterocycles. The van der Waals surface area contributed by atoms with Crippen LogP contribution in [0.5, 0.6) is 0 Å². The van der Waals surface area contributed by atoms with Gasteiger partial charge in [-0.2, -0.15) is 8.42 Å². The summed E-state index contributed by atoms with van der Waals surface area (Å²) < 4.78 is 25.1. The average molecular weight is 211 g/mol. The van der Waals surface area contributed by atoms with Gasteiger partial charge in [-0.3, -0.25) is 4.18 Å². The van der Waals surface area contributed by atoms with Gasteiger partial charge in [0.1, 0.15) is 0 Å². The minimum absolute atomic E-state index is 0.170. The van der Waals surface area contributed by atoms with Gasteiger partial charge in [0.15, 0.2) is 0 Å². The summed E-state index contributed by atoms with van der Waals surface area (Å²) in [5.74, 6) is -0.353. The van der Waals surface area contributed by atoms with Crippen molar-refractivity contribution < 1.29 is 22.8 Å². The Hall–Kier alpha value is -0.210. The number of aliphatic hydroxyl groups is 2. The fraction of sp³-hybridized carbons (Fsp3) is 1.00. The van der Waals surface area contributed by atoms with Crippen LogP contribution in [0.4, 0.5) is 0 Å². The zero-order chi connectivity index (χ0) is 10.1. The van der Waals surface area contributed by atoms with Crippen LogP contribution in [0.15, 0.2) is 0 Å². The lowest BCUT2D eigenvalue weighted by Crippen LogP contribution is -2.29. The topological polar surface area (TPSA) is 110 Å². The number of aliphatic hydroxyl groups excluding tert-OH is 2. The average Bonchev–Trinajstić information content (AvgIpc) is 2.29. The Balaban J connectivity index is 2.39. The Morgan fingerprint density at radius 1 is 1.38 bits per heavy atom. The van der Waals surface area contributed by atoms with Crippen LogP contribution < -0.4 is 5.14 Å². The summed E-state index contributed by atoms with van der Waals surface area (Å²) >= 11 is 0. The van der Waals surface area contributed by atoms with Crippen LogP contribution in [0.2, 0.25) is 0 Å². The number of nitrogens with two attached hydrogens (primary N) is 1. The molecular formula is C6H13NO5S. The third-order valence-corrected chi connectivity index (χ3v) is 2.62. The molecule has 78 valence electrons. The van der Waals surface area contributed by atoms with Crippen LogP contribution in [0.1, 0.15) is 12.8 Å². The van der Waals surface area contributed by atoms with Crippen molar-refractivity contribution in [3.63, 3.8) is 0 Å². The van der Waals surface area contributed by atoms with Gasteiger partial charge in [-0.15, -0.1) is 0 Å². The maximum absolute atomic E-state index is 10.4. The summed E-state index contributed by atoms with van der Waals surface area (Å²) in [7, 11) is -3.95. The van der Waals surface area contributed by atoms with Gasteiger partial charge in [0, 0.05) is 5.92 Å². The Morgan fingerprint density at radius 3 is 2.38 bits per heavy atom. The van der Waals surface area contributed by atoms with E-state index in [0.717, 1.165) is 0 Å². The van der Waals surface area contributed by atoms with Gasteiger partial charge in [-0.05, 0) is 12.8 Å². The molecule has 0 amide bonds. The highest BCUT2D eigenvalue weighted by Crippen LogP contribution is 2.26. The Kier molecular flexibility index (Phi) is 3.25. The smallest absolute Gasteiger partial charge is 0.333 e. The zero-order valence-corrected chi connectivity index (χ0v) is 7.77. The normalized spacial score (nSPS) is 35.2. The SMILES string of the molecule is NS(=O)(=O)OCC1CCC(O)C1O. The molecule has 0 aromatic rings. The van der Waals surface area contributed by atoms with Gasteiger partial charge >= 0.3 is 10.3 Å². The van der Waals surface area contributed by atoms with Crippen LogP contribution in [-0.4, -0.2) is 37.4 Å². The van der Waals surface area contributed by atoms with Crippen molar-refractivity contribution in [3.05, 3.63) is 0 Å². The third-order valence-electron chi connectivity index (χ3n) is 2.16. The maximum atomic E-state index is 10.4. The molecule has 1 saturated carbocycles. The standard InChI is InChI=1S/C6H13NO5S/c7-13(10,11)12-3-4-1-2-5(8)6(4)9/h4-6,8-9H,1-3H2,(H2,7,10,11). The van der Waals surface area contributed by atoms with Crippen LogP contribution in [-0.2, 0) is 14.5 Å². The molecule has 1 aliphatic carbocycles. The minimum Gasteiger partial charge on any atom is -0.390 e. The third kappa shape index (κ3) is 3.20. The summed E-state index contributed by atoms with van der Waals surface area (Å²) in [6, 6.07) is 0. The van der Waals surface area contributed by atoms with Crippen LogP contribution >= 0.6 is 0 Å². The van der Waals surface area contributed by atoms with Crippen LogP contribution in [0.3, 0.4) is 0 Å². The van der Waals surface area contributed by atoms with E-state index in [9.17, 15) is 13.5 Å².